The summed E-state index contributed by atoms with van der Waals surface area (Å²) in [5.41, 5.74) is 21.6. The minimum Gasteiger partial charge on any atom is -0.508 e. The van der Waals surface area contributed by atoms with Gasteiger partial charge >= 0.3 is 0 Å². The number of benzene rings is 12. The first-order valence-electron chi connectivity index (χ1n) is 35.0. The first kappa shape index (κ1) is 65.9. The number of hydrogen-bond donors (Lipinski definition) is 1. The Balaban J connectivity index is 1.06. The van der Waals surface area contributed by atoms with Crippen molar-refractivity contribution in [3.05, 3.63) is 265 Å². The lowest BCUT2D eigenvalue weighted by atomic mass is 9.36. The molecular weight excluding hydrogens is 1260 g/mol. The van der Waals surface area contributed by atoms with Crippen molar-refractivity contribution in [2.24, 2.45) is 0 Å². The molecule has 4 heterocycles. The summed E-state index contributed by atoms with van der Waals surface area (Å²) in [6, 6.07) is 90.6. The molecule has 0 atom stereocenters. The van der Waals surface area contributed by atoms with Gasteiger partial charge in [-0.25, -0.2) is 0 Å². The zero-order chi connectivity index (χ0) is 70.3. The lowest BCUT2D eigenvalue weighted by Gasteiger charge is -2.46. The molecule has 8 radical (unpaired) electrons. The molecule has 12 heteroatoms. The lowest BCUT2D eigenvalue weighted by Crippen LogP contribution is -2.60. The monoisotopic (exact) mass is 1340 g/mol. The number of aromatic hydroxyl groups is 1. The van der Waals surface area contributed by atoms with Crippen LogP contribution in [-0.2, 0) is 10.8 Å². The van der Waals surface area contributed by atoms with Crippen molar-refractivity contribution in [3.63, 3.8) is 0 Å². The number of thiophene rings is 1. The molecule has 5 nitrogen and oxygen atoms in total. The first-order chi connectivity index (χ1) is 48.5. The van der Waals surface area contributed by atoms with Crippen molar-refractivity contribution in [1.29, 1.82) is 0 Å². The second-order valence-electron chi connectivity index (χ2n) is 30.1. The maximum atomic E-state index is 12.0. The minimum absolute atomic E-state index is 0.0109. The normalized spacial score (nSPS) is 13.2. The van der Waals surface area contributed by atoms with E-state index >= 15 is 0 Å². The summed E-state index contributed by atoms with van der Waals surface area (Å²) in [7, 11) is 24.4. The first-order valence-corrected chi connectivity index (χ1v) is 37.8. The summed E-state index contributed by atoms with van der Waals surface area (Å²) in [4.78, 5) is 11.2. The highest BCUT2D eigenvalue weighted by molar-refractivity contribution is 8.33. The van der Waals surface area contributed by atoms with Gasteiger partial charge in [0.15, 0.2) is 0 Å². The molecule has 0 bridgehead atoms. The van der Waals surface area contributed by atoms with Crippen LogP contribution in [0.2, 0.25) is 0 Å². The minimum atomic E-state index is -2.15. The molecule has 101 heavy (non-hydrogen) atoms. The van der Waals surface area contributed by atoms with E-state index in [2.05, 4.69) is 321 Å². The molecule has 0 saturated heterocycles. The van der Waals surface area contributed by atoms with Gasteiger partial charge in [-0.15, -0.1) is 22.3 Å². The van der Waals surface area contributed by atoms with Crippen molar-refractivity contribution in [2.75, 3.05) is 21.0 Å². The van der Waals surface area contributed by atoms with Crippen LogP contribution in [-0.4, -0.2) is 49.5 Å². The second kappa shape index (κ2) is 24.8. The number of nitrogens with zero attached hydrogens (tertiary/aromatic N) is 3. The molecule has 2 aliphatic heterocycles. The molecule has 12 aromatic carbocycles. The third-order valence-electron chi connectivity index (χ3n) is 21.1. The Labute approximate surface area is 606 Å². The summed E-state index contributed by atoms with van der Waals surface area (Å²) in [6.45, 7) is 22.4. The van der Waals surface area contributed by atoms with Crippen molar-refractivity contribution in [3.8, 4) is 28.0 Å². The smallest absolute Gasteiger partial charge is 0.264 e. The van der Waals surface area contributed by atoms with Gasteiger partial charge < -0.3 is 24.2 Å². The summed E-state index contributed by atoms with van der Waals surface area (Å²) in [6.07, 6.45) is 2.50. The molecular formula is C89H76B5N3O2S2. The second-order valence-corrected chi connectivity index (χ2v) is 34.4. The van der Waals surface area contributed by atoms with Gasteiger partial charge in [0.1, 0.15) is 48.3 Å². The predicted octanol–water partition coefficient (Wildman–Crippen LogP) is 19.3. The maximum Gasteiger partial charge on any atom is 0.264 e. The van der Waals surface area contributed by atoms with E-state index in [1.807, 2.05) is 12.1 Å². The zero-order valence-corrected chi connectivity index (χ0v) is 60.8. The molecule has 16 rings (SSSR count). The van der Waals surface area contributed by atoms with E-state index in [4.69, 9.17) is 35.8 Å². The van der Waals surface area contributed by atoms with Crippen LogP contribution in [0, 0.1) is 0 Å². The Bertz CT molecular complexity index is 5520. The Hall–Kier alpha value is -9.73. The van der Waals surface area contributed by atoms with Crippen LogP contribution < -0.4 is 52.3 Å². The number of para-hydroxylation sites is 2. The van der Waals surface area contributed by atoms with E-state index < -0.39 is 10.0 Å². The van der Waals surface area contributed by atoms with E-state index in [0.717, 1.165) is 99.8 Å². The predicted molar refractivity (Wildman–Crippen MR) is 439 cm³/mol. The quantitative estimate of drug-likeness (QED) is 0.124. The molecule has 0 unspecified atom stereocenters. The van der Waals surface area contributed by atoms with Crippen LogP contribution in [0.1, 0.15) is 103 Å². The van der Waals surface area contributed by atoms with E-state index in [0.29, 0.717) is 23.0 Å². The number of hydrogen-bond acceptors (Lipinski definition) is 6. The van der Waals surface area contributed by atoms with Crippen LogP contribution in [0.15, 0.2) is 262 Å². The standard InChI is InChI=1S/C89H76B5N3O2S2/c1-52(2)54-25-40-64(41-26-54)101(11,65-42-27-55(28-43-65)53(3)4)66-50-74-84-75(51-66)97(61-36-32-59(33-37-61)89(8,9)10)85-70-47-57(79-80(90)81(91)82(92)83(93)86(79)98)29-46-78(70)100-87(85)94(84)71-45-39-62(48-73(71)96(74)63-38-44-69-68-22-16-18-24-76(68)99-77(69)49-63)95(60-34-30-58(31-35-60)88(5,6)7)72-23-17-15-21-67(72)56-19-13-12-14-20-56/h12-53,98H,1-11H3. The van der Waals surface area contributed by atoms with Gasteiger partial charge in [0.2, 0.25) is 0 Å². The SMILES string of the molecule is [B]c1c([B])c([B])c(-c2ccc3sc4c(c3c2)N(c2ccc(C(C)(C)C)cc2)c2cc(S(C)(c3ccc(C(C)C)cc3)c3ccc(C(C)C)cc3)cc3c2B4c2ccc(N(c4ccc(C(C)(C)C)cc4)c4ccccc4-c4ccccc4)cc2N3c2ccc3c(c2)oc2ccccc23)c(O)c1[B]. The van der Waals surface area contributed by atoms with Gasteiger partial charge in [-0.3, -0.25) is 0 Å². The van der Waals surface area contributed by atoms with Crippen LogP contribution in [0.5, 0.6) is 5.75 Å². The van der Waals surface area contributed by atoms with Crippen LogP contribution in [0.3, 0.4) is 0 Å². The Morgan fingerprint density at radius 1 is 0.475 bits per heavy atom. The van der Waals surface area contributed by atoms with Crippen molar-refractivity contribution >= 4 is 180 Å². The van der Waals surface area contributed by atoms with E-state index in [9.17, 15) is 5.11 Å². The summed E-state index contributed by atoms with van der Waals surface area (Å²) in [5.74, 6) is 0.482. The molecule has 486 valence electrons. The zero-order valence-electron chi connectivity index (χ0n) is 59.1. The van der Waals surface area contributed by atoms with Crippen LogP contribution in [0.25, 0.3) is 54.3 Å². The highest BCUT2D eigenvalue weighted by atomic mass is 32.3. The van der Waals surface area contributed by atoms with Gasteiger partial charge in [-0.1, -0.05) is 208 Å². The van der Waals surface area contributed by atoms with Crippen molar-refractivity contribution < 1.29 is 9.52 Å². The van der Waals surface area contributed by atoms with Crippen LogP contribution >= 0.6 is 21.4 Å². The fraction of sp³-hybridized carbons (Fsp3) is 0.169. The van der Waals surface area contributed by atoms with E-state index in [1.165, 1.54) is 47.2 Å². The van der Waals surface area contributed by atoms with Gasteiger partial charge in [0.25, 0.3) is 6.71 Å². The lowest BCUT2D eigenvalue weighted by molar-refractivity contribution is 0.482. The fourth-order valence-corrected chi connectivity index (χ4v) is 19.5. The van der Waals surface area contributed by atoms with Gasteiger partial charge in [0.05, 0.1) is 11.4 Å². The van der Waals surface area contributed by atoms with E-state index in [1.54, 1.807) is 11.3 Å². The Morgan fingerprint density at radius 3 is 1.68 bits per heavy atom. The molecule has 1 N–H and O–H groups in total. The Kier molecular flexibility index (Phi) is 16.2. The average Bonchev–Trinajstić information content (AvgIpc) is 1.68. The number of phenolic OH excluding ortho intramolecular Hbond substituents is 1. The molecule has 2 aromatic heterocycles. The average molecular weight is 1340 g/mol. The molecule has 0 aliphatic carbocycles. The molecule has 0 saturated carbocycles. The maximum absolute atomic E-state index is 12.0. The molecule has 2 aliphatic rings. The highest BCUT2D eigenvalue weighted by Crippen LogP contribution is 2.68. The number of furan rings is 1. The fourth-order valence-electron chi connectivity index (χ4n) is 15.3. The largest absolute Gasteiger partial charge is 0.508 e. The van der Waals surface area contributed by atoms with Crippen molar-refractivity contribution in [2.45, 2.75) is 107 Å². The number of anilines is 9. The molecule has 0 spiro atoms. The third kappa shape index (κ3) is 11.0. The molecule has 0 amide bonds. The summed E-state index contributed by atoms with van der Waals surface area (Å²) in [5, 5.41) is 15.1. The number of fused-ring (bicyclic) bond motifs is 9. The topological polar surface area (TPSA) is 43.1 Å². The van der Waals surface area contributed by atoms with Gasteiger partial charge in [0, 0.05) is 87.5 Å². The van der Waals surface area contributed by atoms with E-state index in [-0.39, 0.29) is 45.1 Å². The molecule has 0 fully saturated rings. The van der Waals surface area contributed by atoms with Gasteiger partial charge in [-0.05, 0) is 192 Å². The summed E-state index contributed by atoms with van der Waals surface area (Å²) >= 11 is 1.80. The number of phenols is 1. The number of rotatable bonds is 12. The molecule has 14 aromatic rings. The highest BCUT2D eigenvalue weighted by Gasteiger charge is 2.47. The Morgan fingerprint density at radius 2 is 1.04 bits per heavy atom. The summed E-state index contributed by atoms with van der Waals surface area (Å²) < 4.78 is 9.16. The van der Waals surface area contributed by atoms with Gasteiger partial charge in [-0.2, -0.15) is 10.0 Å². The van der Waals surface area contributed by atoms with Crippen LogP contribution in [0.4, 0.5) is 51.2 Å². The van der Waals surface area contributed by atoms with Crippen molar-refractivity contribution in [1.82, 2.24) is 0 Å². The third-order valence-corrected chi connectivity index (χ3v) is 26.0.